The summed E-state index contributed by atoms with van der Waals surface area (Å²) in [5, 5.41) is 2.65. The molecular weight excluding hydrogens is 368 g/mol. The predicted octanol–water partition coefficient (Wildman–Crippen LogP) is 2.83. The van der Waals surface area contributed by atoms with Crippen LogP contribution in [-0.2, 0) is 16.0 Å². The molecule has 0 aliphatic rings. The van der Waals surface area contributed by atoms with Gasteiger partial charge in [-0.25, -0.2) is 4.79 Å². The molecule has 1 amide bonds. The Kier molecular flexibility index (Phi) is 6.47. The molecule has 1 N–H and O–H groups in total. The summed E-state index contributed by atoms with van der Waals surface area (Å²) in [4.78, 5) is 41.0. The van der Waals surface area contributed by atoms with Crippen molar-refractivity contribution in [2.75, 3.05) is 7.11 Å². The maximum absolute atomic E-state index is 12.5. The molecule has 0 unspecified atom stereocenters. The van der Waals surface area contributed by atoms with Crippen molar-refractivity contribution in [3.8, 4) is 0 Å². The lowest BCUT2D eigenvalue weighted by Crippen LogP contribution is -2.43. The number of nitrogens with one attached hydrogen (secondary N) is 1. The fourth-order valence-electron chi connectivity index (χ4n) is 2.85. The first-order chi connectivity index (χ1) is 14.1. The van der Waals surface area contributed by atoms with Crippen LogP contribution in [-0.4, -0.2) is 35.8 Å². The monoisotopic (exact) mass is 388 g/mol. The highest BCUT2D eigenvalue weighted by atomic mass is 16.5. The van der Waals surface area contributed by atoms with Gasteiger partial charge in [0.1, 0.15) is 11.7 Å². The molecule has 0 saturated carbocycles. The summed E-state index contributed by atoms with van der Waals surface area (Å²) in [6, 6.07) is 20.0. The first kappa shape index (κ1) is 19.9. The number of hydrogen-bond donors (Lipinski definition) is 1. The fourth-order valence-corrected chi connectivity index (χ4v) is 2.85. The van der Waals surface area contributed by atoms with E-state index in [-0.39, 0.29) is 17.9 Å². The van der Waals surface area contributed by atoms with Gasteiger partial charge in [-0.05, 0) is 17.7 Å². The van der Waals surface area contributed by atoms with Gasteiger partial charge in [-0.3, -0.25) is 14.6 Å². The van der Waals surface area contributed by atoms with E-state index in [1.54, 1.807) is 54.6 Å². The Balaban J connectivity index is 1.72. The van der Waals surface area contributed by atoms with E-state index in [1.165, 1.54) is 13.3 Å². The minimum atomic E-state index is -0.870. The molecule has 0 bridgehead atoms. The number of amides is 1. The number of nitrogens with zero attached hydrogens (tertiary/aromatic N) is 1. The van der Waals surface area contributed by atoms with Crippen molar-refractivity contribution in [1.82, 2.24) is 10.3 Å². The van der Waals surface area contributed by atoms with E-state index in [2.05, 4.69) is 10.3 Å². The quantitative estimate of drug-likeness (QED) is 0.497. The molecule has 3 rings (SSSR count). The Labute approximate surface area is 168 Å². The van der Waals surface area contributed by atoms with E-state index in [0.29, 0.717) is 11.1 Å². The van der Waals surface area contributed by atoms with Crippen LogP contribution >= 0.6 is 0 Å². The predicted molar refractivity (Wildman–Crippen MR) is 108 cm³/mol. The Hall–Kier alpha value is -3.80. The number of aromatic nitrogens is 1. The van der Waals surface area contributed by atoms with Crippen molar-refractivity contribution in [2.45, 2.75) is 12.5 Å². The Morgan fingerprint density at radius 2 is 1.55 bits per heavy atom. The number of esters is 1. The number of carbonyl (C=O) groups is 3. The van der Waals surface area contributed by atoms with Crippen LogP contribution < -0.4 is 5.32 Å². The van der Waals surface area contributed by atoms with Gasteiger partial charge in [-0.15, -0.1) is 0 Å². The highest BCUT2D eigenvalue weighted by Crippen LogP contribution is 2.13. The Bertz CT molecular complexity index is 986. The summed E-state index contributed by atoms with van der Waals surface area (Å²) in [7, 11) is 1.27. The molecule has 2 aromatic carbocycles. The van der Waals surface area contributed by atoms with Crippen LogP contribution in [0.25, 0.3) is 0 Å². The van der Waals surface area contributed by atoms with Crippen molar-refractivity contribution >= 4 is 17.7 Å². The third-order valence-electron chi connectivity index (χ3n) is 4.38. The molecule has 1 heterocycles. The molecule has 1 atom stereocenters. The van der Waals surface area contributed by atoms with Crippen LogP contribution in [0.5, 0.6) is 0 Å². The van der Waals surface area contributed by atoms with Gasteiger partial charge in [0.05, 0.1) is 7.11 Å². The molecule has 3 aromatic rings. The SMILES string of the molecule is COC(=O)[C@@H](Cc1ccc(C(=O)c2ccccc2)cc1)NC(=O)c1ccccn1. The normalized spacial score (nSPS) is 11.3. The van der Waals surface area contributed by atoms with E-state index < -0.39 is 17.9 Å². The molecule has 1 aromatic heterocycles. The summed E-state index contributed by atoms with van der Waals surface area (Å²) in [5.74, 6) is -1.10. The molecule has 0 saturated heterocycles. The number of methoxy groups -OCH3 is 1. The highest BCUT2D eigenvalue weighted by Gasteiger charge is 2.23. The molecule has 146 valence electrons. The maximum atomic E-state index is 12.5. The van der Waals surface area contributed by atoms with Crippen LogP contribution in [0.15, 0.2) is 79.0 Å². The van der Waals surface area contributed by atoms with E-state index >= 15 is 0 Å². The molecule has 0 fully saturated rings. The smallest absolute Gasteiger partial charge is 0.328 e. The van der Waals surface area contributed by atoms with Crippen molar-refractivity contribution in [3.63, 3.8) is 0 Å². The second-order valence-corrected chi connectivity index (χ2v) is 6.36. The third-order valence-corrected chi connectivity index (χ3v) is 4.38. The number of ketones is 1. The van der Waals surface area contributed by atoms with Crippen LogP contribution in [0.3, 0.4) is 0 Å². The van der Waals surface area contributed by atoms with Crippen LogP contribution in [0.2, 0.25) is 0 Å². The minimum absolute atomic E-state index is 0.0786. The zero-order valence-electron chi connectivity index (χ0n) is 15.9. The number of carbonyl (C=O) groups excluding carboxylic acids is 3. The average molecular weight is 388 g/mol. The third kappa shape index (κ3) is 5.13. The lowest BCUT2D eigenvalue weighted by molar-refractivity contribution is -0.142. The second kappa shape index (κ2) is 9.41. The second-order valence-electron chi connectivity index (χ2n) is 6.36. The van der Waals surface area contributed by atoms with Crippen LogP contribution in [0, 0.1) is 0 Å². The molecule has 0 aliphatic heterocycles. The first-order valence-electron chi connectivity index (χ1n) is 9.07. The molecule has 0 spiro atoms. The van der Waals surface area contributed by atoms with Crippen molar-refractivity contribution < 1.29 is 19.1 Å². The zero-order chi connectivity index (χ0) is 20.6. The van der Waals surface area contributed by atoms with Gasteiger partial charge in [-0.2, -0.15) is 0 Å². The summed E-state index contributed by atoms with van der Waals surface area (Å²) in [6.45, 7) is 0. The van der Waals surface area contributed by atoms with Gasteiger partial charge in [0, 0.05) is 23.7 Å². The number of rotatable bonds is 7. The largest absolute Gasteiger partial charge is 0.467 e. The van der Waals surface area contributed by atoms with Gasteiger partial charge in [-0.1, -0.05) is 60.7 Å². The maximum Gasteiger partial charge on any atom is 0.328 e. The molecule has 6 heteroatoms. The first-order valence-corrected chi connectivity index (χ1v) is 9.07. The minimum Gasteiger partial charge on any atom is -0.467 e. The van der Waals surface area contributed by atoms with Gasteiger partial charge < -0.3 is 10.1 Å². The average Bonchev–Trinajstić information content (AvgIpc) is 2.79. The van der Waals surface area contributed by atoms with E-state index in [0.717, 1.165) is 5.56 Å². The summed E-state index contributed by atoms with van der Waals surface area (Å²) < 4.78 is 4.81. The number of hydrogen-bond acceptors (Lipinski definition) is 5. The van der Waals surface area contributed by atoms with Crippen molar-refractivity contribution in [1.29, 1.82) is 0 Å². The lowest BCUT2D eigenvalue weighted by Gasteiger charge is -2.16. The molecule has 0 aliphatic carbocycles. The number of pyridine rings is 1. The van der Waals surface area contributed by atoms with Gasteiger partial charge in [0.15, 0.2) is 5.78 Å². The van der Waals surface area contributed by atoms with Crippen LogP contribution in [0.4, 0.5) is 0 Å². The molecule has 6 nitrogen and oxygen atoms in total. The molecule has 0 radical (unpaired) electrons. The molecule has 29 heavy (non-hydrogen) atoms. The topological polar surface area (TPSA) is 85.4 Å². The zero-order valence-corrected chi connectivity index (χ0v) is 15.9. The Morgan fingerprint density at radius 1 is 0.897 bits per heavy atom. The summed E-state index contributed by atoms with van der Waals surface area (Å²) in [5.41, 5.74) is 2.15. The van der Waals surface area contributed by atoms with Gasteiger partial charge in [0.2, 0.25) is 0 Å². The van der Waals surface area contributed by atoms with Gasteiger partial charge in [0.25, 0.3) is 5.91 Å². The van der Waals surface area contributed by atoms with Crippen LogP contribution in [0.1, 0.15) is 32.0 Å². The fraction of sp³-hybridized carbons (Fsp3) is 0.130. The number of benzene rings is 2. The lowest BCUT2D eigenvalue weighted by atomic mass is 9.99. The molecular formula is C23H20N2O4. The van der Waals surface area contributed by atoms with E-state index in [1.807, 2.05) is 18.2 Å². The summed E-state index contributed by atoms with van der Waals surface area (Å²) in [6.07, 6.45) is 1.73. The van der Waals surface area contributed by atoms with Crippen molar-refractivity contribution in [2.24, 2.45) is 0 Å². The standard InChI is InChI=1S/C23H20N2O4/c1-29-23(28)20(25-22(27)19-9-5-6-14-24-19)15-16-10-12-18(13-11-16)21(26)17-7-3-2-4-8-17/h2-14,20H,15H2,1H3,(H,25,27)/t20-/m1/s1. The van der Waals surface area contributed by atoms with Crippen molar-refractivity contribution in [3.05, 3.63) is 101 Å². The van der Waals surface area contributed by atoms with E-state index in [9.17, 15) is 14.4 Å². The number of ether oxygens (including phenoxy) is 1. The van der Waals surface area contributed by atoms with Gasteiger partial charge >= 0.3 is 5.97 Å². The summed E-state index contributed by atoms with van der Waals surface area (Å²) >= 11 is 0. The highest BCUT2D eigenvalue weighted by molar-refractivity contribution is 6.08. The Morgan fingerprint density at radius 3 is 2.17 bits per heavy atom. The van der Waals surface area contributed by atoms with E-state index in [4.69, 9.17) is 4.74 Å².